The van der Waals surface area contributed by atoms with Crippen LogP contribution in [-0.2, 0) is 6.54 Å². The highest BCUT2D eigenvalue weighted by Crippen LogP contribution is 2.15. The van der Waals surface area contributed by atoms with Crippen LogP contribution in [-0.4, -0.2) is 6.54 Å². The molecule has 1 unspecified atom stereocenters. The van der Waals surface area contributed by atoms with Gasteiger partial charge in [-0.25, -0.2) is 4.39 Å². The third-order valence-electron chi connectivity index (χ3n) is 2.66. The number of benzene rings is 1. The zero-order valence-corrected chi connectivity index (χ0v) is 11.6. The van der Waals surface area contributed by atoms with Gasteiger partial charge in [-0.15, -0.1) is 0 Å². The quantitative estimate of drug-likeness (QED) is 0.903. The van der Waals surface area contributed by atoms with Crippen molar-refractivity contribution >= 4 is 15.9 Å². The Balaban J connectivity index is 2.51. The summed E-state index contributed by atoms with van der Waals surface area (Å²) in [5.74, 6) is 0.0452. The number of nitrogens with zero attached hydrogens (tertiary/aromatic N) is 1. The van der Waals surface area contributed by atoms with E-state index in [9.17, 15) is 4.39 Å². The summed E-state index contributed by atoms with van der Waals surface area (Å²) in [6, 6.07) is 7.10. The summed E-state index contributed by atoms with van der Waals surface area (Å²) in [5, 5.41) is 12.0. The van der Waals surface area contributed by atoms with Crippen LogP contribution in [0, 0.1) is 29.0 Å². The zero-order valence-electron chi connectivity index (χ0n) is 10.0. The van der Waals surface area contributed by atoms with Crippen LogP contribution in [0.3, 0.4) is 0 Å². The molecule has 1 rings (SSSR count). The Morgan fingerprint density at radius 2 is 2.18 bits per heavy atom. The van der Waals surface area contributed by atoms with E-state index < -0.39 is 0 Å². The molecule has 1 aromatic rings. The minimum atomic E-state index is -0.223. The van der Waals surface area contributed by atoms with Crippen molar-refractivity contribution in [3.8, 4) is 6.07 Å². The second-order valence-corrected chi connectivity index (χ2v) is 5.26. The molecular weight excluding hydrogens is 283 g/mol. The van der Waals surface area contributed by atoms with Gasteiger partial charge in [0.2, 0.25) is 0 Å². The molecule has 1 atom stereocenters. The summed E-state index contributed by atoms with van der Waals surface area (Å²) in [5.41, 5.74) is 0.611. The molecule has 17 heavy (non-hydrogen) atoms. The van der Waals surface area contributed by atoms with Gasteiger partial charge >= 0.3 is 0 Å². The maximum absolute atomic E-state index is 13.4. The molecule has 0 amide bonds. The molecule has 0 aliphatic carbocycles. The highest BCUT2D eigenvalue weighted by atomic mass is 79.9. The summed E-state index contributed by atoms with van der Waals surface area (Å²) < 4.78 is 14.3. The molecule has 0 aromatic heterocycles. The average molecular weight is 299 g/mol. The fourth-order valence-electron chi connectivity index (χ4n) is 1.47. The normalized spacial score (nSPS) is 12.5. The van der Waals surface area contributed by atoms with Crippen molar-refractivity contribution < 1.29 is 4.39 Å². The van der Waals surface area contributed by atoms with Crippen molar-refractivity contribution in [3.63, 3.8) is 0 Å². The molecule has 0 aliphatic heterocycles. The summed E-state index contributed by atoms with van der Waals surface area (Å²) in [6.45, 7) is 5.04. The molecule has 1 aromatic carbocycles. The van der Waals surface area contributed by atoms with Crippen molar-refractivity contribution in [2.24, 2.45) is 11.8 Å². The van der Waals surface area contributed by atoms with Crippen LogP contribution in [0.2, 0.25) is 0 Å². The van der Waals surface area contributed by atoms with Gasteiger partial charge in [-0.1, -0.05) is 29.8 Å². The first-order valence-corrected chi connectivity index (χ1v) is 6.38. The largest absolute Gasteiger partial charge is 0.311 e. The third-order valence-corrected chi connectivity index (χ3v) is 3.15. The van der Waals surface area contributed by atoms with Crippen LogP contribution < -0.4 is 5.32 Å². The Kier molecular flexibility index (Phi) is 5.60. The standard InChI is InChI=1S/C13H16BrFN2/c1-9(2)11(6-16)8-17-7-10-5-12(14)3-4-13(10)15/h3-5,9,11,17H,7-8H2,1-2H3. The minimum absolute atomic E-state index is 0.0368. The van der Waals surface area contributed by atoms with Crippen molar-refractivity contribution in [1.29, 1.82) is 5.26 Å². The van der Waals surface area contributed by atoms with Gasteiger partial charge in [-0.2, -0.15) is 5.26 Å². The van der Waals surface area contributed by atoms with Gasteiger partial charge in [-0.05, 0) is 24.1 Å². The molecule has 0 aliphatic rings. The van der Waals surface area contributed by atoms with E-state index in [1.165, 1.54) is 6.07 Å². The summed E-state index contributed by atoms with van der Waals surface area (Å²) >= 11 is 3.31. The number of halogens is 2. The number of hydrogen-bond acceptors (Lipinski definition) is 2. The van der Waals surface area contributed by atoms with Gasteiger partial charge in [-0.3, -0.25) is 0 Å². The molecule has 0 spiro atoms. The van der Waals surface area contributed by atoms with E-state index in [1.54, 1.807) is 12.1 Å². The van der Waals surface area contributed by atoms with Crippen LogP contribution in [0.4, 0.5) is 4.39 Å². The molecule has 1 N–H and O–H groups in total. The lowest BCUT2D eigenvalue weighted by Gasteiger charge is -2.14. The highest BCUT2D eigenvalue weighted by Gasteiger charge is 2.11. The van der Waals surface area contributed by atoms with Gasteiger partial charge in [0.1, 0.15) is 5.82 Å². The molecule has 2 nitrogen and oxygen atoms in total. The SMILES string of the molecule is CC(C)C(C#N)CNCc1cc(Br)ccc1F. The lowest BCUT2D eigenvalue weighted by molar-refractivity contribution is 0.439. The van der Waals surface area contributed by atoms with E-state index in [0.717, 1.165) is 4.47 Å². The van der Waals surface area contributed by atoms with Gasteiger partial charge in [0.15, 0.2) is 0 Å². The monoisotopic (exact) mass is 298 g/mol. The predicted molar refractivity (Wildman–Crippen MR) is 69.7 cm³/mol. The number of rotatable bonds is 5. The molecule has 92 valence electrons. The molecular formula is C13H16BrFN2. The van der Waals surface area contributed by atoms with E-state index >= 15 is 0 Å². The Hall–Kier alpha value is -0.920. The van der Waals surface area contributed by atoms with Crippen LogP contribution in [0.25, 0.3) is 0 Å². The maximum Gasteiger partial charge on any atom is 0.127 e. The van der Waals surface area contributed by atoms with E-state index in [1.807, 2.05) is 13.8 Å². The summed E-state index contributed by atoms with van der Waals surface area (Å²) in [4.78, 5) is 0. The highest BCUT2D eigenvalue weighted by molar-refractivity contribution is 9.10. The molecule has 0 saturated carbocycles. The topological polar surface area (TPSA) is 35.8 Å². The molecule has 0 bridgehead atoms. The van der Waals surface area contributed by atoms with Crippen LogP contribution >= 0.6 is 15.9 Å². The van der Waals surface area contributed by atoms with Gasteiger partial charge in [0.05, 0.1) is 12.0 Å². The average Bonchev–Trinajstić information content (AvgIpc) is 2.28. The van der Waals surface area contributed by atoms with Crippen molar-refractivity contribution in [2.45, 2.75) is 20.4 Å². The number of nitrogens with one attached hydrogen (secondary N) is 1. The number of nitriles is 1. The zero-order chi connectivity index (χ0) is 12.8. The van der Waals surface area contributed by atoms with Gasteiger partial charge < -0.3 is 5.32 Å². The van der Waals surface area contributed by atoms with Crippen molar-refractivity contribution in [1.82, 2.24) is 5.32 Å². The third kappa shape index (κ3) is 4.45. The Labute approximate surface area is 110 Å². The molecule has 0 heterocycles. The first-order valence-electron chi connectivity index (χ1n) is 5.59. The van der Waals surface area contributed by atoms with Crippen LogP contribution in [0.15, 0.2) is 22.7 Å². The lowest BCUT2D eigenvalue weighted by atomic mass is 9.97. The van der Waals surface area contributed by atoms with E-state index in [2.05, 4.69) is 27.3 Å². The molecule has 0 saturated heterocycles. The second-order valence-electron chi connectivity index (χ2n) is 4.35. The van der Waals surface area contributed by atoms with Gasteiger partial charge in [0.25, 0.3) is 0 Å². The maximum atomic E-state index is 13.4. The Bertz CT molecular complexity index is 412. The fourth-order valence-corrected chi connectivity index (χ4v) is 1.88. The number of hydrogen-bond donors (Lipinski definition) is 1. The van der Waals surface area contributed by atoms with E-state index in [4.69, 9.17) is 5.26 Å². The Morgan fingerprint density at radius 1 is 1.47 bits per heavy atom. The van der Waals surface area contributed by atoms with Crippen LogP contribution in [0.5, 0.6) is 0 Å². The van der Waals surface area contributed by atoms with E-state index in [-0.39, 0.29) is 11.7 Å². The smallest absolute Gasteiger partial charge is 0.127 e. The first kappa shape index (κ1) is 14.1. The summed E-state index contributed by atoms with van der Waals surface area (Å²) in [6.07, 6.45) is 0. The molecule has 0 radical (unpaired) electrons. The van der Waals surface area contributed by atoms with Gasteiger partial charge in [0, 0.05) is 23.1 Å². The molecule has 0 fully saturated rings. The molecule has 4 heteroatoms. The van der Waals surface area contributed by atoms with Crippen molar-refractivity contribution in [2.75, 3.05) is 6.54 Å². The Morgan fingerprint density at radius 3 is 2.76 bits per heavy atom. The first-order chi connectivity index (χ1) is 8.04. The van der Waals surface area contributed by atoms with Crippen molar-refractivity contribution in [3.05, 3.63) is 34.1 Å². The fraction of sp³-hybridized carbons (Fsp3) is 0.462. The predicted octanol–water partition coefficient (Wildman–Crippen LogP) is 3.47. The summed E-state index contributed by atoms with van der Waals surface area (Å²) in [7, 11) is 0. The van der Waals surface area contributed by atoms with E-state index in [0.29, 0.717) is 24.6 Å². The lowest BCUT2D eigenvalue weighted by Crippen LogP contribution is -2.25. The second kappa shape index (κ2) is 6.73. The minimum Gasteiger partial charge on any atom is -0.311 e. The van der Waals surface area contributed by atoms with Crippen LogP contribution in [0.1, 0.15) is 19.4 Å².